The van der Waals surface area contributed by atoms with Crippen molar-refractivity contribution in [1.82, 2.24) is 0 Å². The van der Waals surface area contributed by atoms with Crippen molar-refractivity contribution >= 4 is 12.0 Å². The van der Waals surface area contributed by atoms with E-state index in [0.717, 1.165) is 44.1 Å². The Morgan fingerprint density at radius 3 is 2.33 bits per heavy atom. The van der Waals surface area contributed by atoms with Crippen molar-refractivity contribution in [3.8, 4) is 5.75 Å². The van der Waals surface area contributed by atoms with E-state index < -0.39 is 0 Å². The molecule has 0 atom stereocenters. The molecule has 0 saturated carbocycles. The fourth-order valence-corrected chi connectivity index (χ4v) is 1.65. The van der Waals surface area contributed by atoms with Crippen molar-refractivity contribution in [2.75, 3.05) is 6.61 Å². The molecule has 0 aliphatic rings. The van der Waals surface area contributed by atoms with Gasteiger partial charge in [-0.2, -0.15) is 0 Å². The molecular weight excluding hydrogens is 230 g/mol. The first-order chi connectivity index (χ1) is 8.86. The van der Waals surface area contributed by atoms with Crippen molar-refractivity contribution in [3.63, 3.8) is 0 Å². The van der Waals surface area contributed by atoms with E-state index in [2.05, 4.69) is 5.18 Å². The maximum atomic E-state index is 10.2. The van der Waals surface area contributed by atoms with Crippen molar-refractivity contribution in [1.29, 1.82) is 0 Å². The molecule has 1 rings (SSSR count). The number of nitrogens with zero attached hydrogens (tertiary/aromatic N) is 1. The maximum absolute atomic E-state index is 10.2. The quantitative estimate of drug-likeness (QED) is 0.357. The van der Waals surface area contributed by atoms with E-state index in [9.17, 15) is 9.70 Å². The molecule has 0 N–H and O–H groups in total. The summed E-state index contributed by atoms with van der Waals surface area (Å²) in [5, 5.41) is 2.83. The predicted molar refractivity (Wildman–Crippen MR) is 71.2 cm³/mol. The Kier molecular flexibility index (Phi) is 7.44. The van der Waals surface area contributed by atoms with Crippen LogP contribution in [0.4, 0.5) is 5.69 Å². The molecule has 0 amide bonds. The van der Waals surface area contributed by atoms with E-state index in [1.807, 2.05) is 0 Å². The summed E-state index contributed by atoms with van der Waals surface area (Å²) in [6.45, 7) is 0.682. The molecule has 0 radical (unpaired) electrons. The van der Waals surface area contributed by atoms with E-state index in [0.29, 0.717) is 18.7 Å². The van der Waals surface area contributed by atoms with Gasteiger partial charge in [-0.05, 0) is 42.3 Å². The summed E-state index contributed by atoms with van der Waals surface area (Å²) in [7, 11) is 0. The molecule has 0 aliphatic carbocycles. The second-order valence-corrected chi connectivity index (χ2v) is 4.16. The molecule has 0 spiro atoms. The summed E-state index contributed by atoms with van der Waals surface area (Å²) >= 11 is 0. The molecule has 0 saturated heterocycles. The van der Waals surface area contributed by atoms with Gasteiger partial charge in [0.25, 0.3) is 0 Å². The van der Waals surface area contributed by atoms with Gasteiger partial charge in [-0.25, -0.2) is 0 Å². The molecule has 0 heterocycles. The Morgan fingerprint density at radius 2 is 1.67 bits per heavy atom. The zero-order chi connectivity index (χ0) is 13.1. The lowest BCUT2D eigenvalue weighted by molar-refractivity contribution is -0.107. The third-order valence-electron chi connectivity index (χ3n) is 2.68. The monoisotopic (exact) mass is 249 g/mol. The number of unbranched alkanes of at least 4 members (excludes halogenated alkanes) is 5. The van der Waals surface area contributed by atoms with Crippen LogP contribution in [0.3, 0.4) is 0 Å². The van der Waals surface area contributed by atoms with Crippen LogP contribution in [0.25, 0.3) is 0 Å². The number of nitroso groups, excluding NO2 is 1. The minimum absolute atomic E-state index is 0.414. The van der Waals surface area contributed by atoms with E-state index in [1.165, 1.54) is 0 Å². The normalized spacial score (nSPS) is 10.0. The molecule has 0 unspecified atom stereocenters. The fourth-order valence-electron chi connectivity index (χ4n) is 1.65. The van der Waals surface area contributed by atoms with Crippen molar-refractivity contribution in [3.05, 3.63) is 29.2 Å². The number of hydrogen-bond donors (Lipinski definition) is 0. The van der Waals surface area contributed by atoms with E-state index in [1.54, 1.807) is 24.3 Å². The van der Waals surface area contributed by atoms with Gasteiger partial charge in [0.15, 0.2) is 0 Å². The molecule has 4 nitrogen and oxygen atoms in total. The average molecular weight is 249 g/mol. The number of aldehydes is 1. The van der Waals surface area contributed by atoms with Crippen LogP contribution in [0.1, 0.15) is 38.5 Å². The Labute approximate surface area is 107 Å². The number of benzene rings is 1. The summed E-state index contributed by atoms with van der Waals surface area (Å²) in [5.74, 6) is 0.767. The van der Waals surface area contributed by atoms with Gasteiger partial charge in [0.05, 0.1) is 6.61 Å². The zero-order valence-corrected chi connectivity index (χ0v) is 10.5. The highest BCUT2D eigenvalue weighted by molar-refractivity contribution is 5.48. The van der Waals surface area contributed by atoms with Gasteiger partial charge >= 0.3 is 0 Å². The molecule has 1 aromatic rings. The predicted octanol–water partition coefficient (Wildman–Crippen LogP) is 4.00. The lowest BCUT2D eigenvalue weighted by Gasteiger charge is -2.05. The van der Waals surface area contributed by atoms with Crippen LogP contribution < -0.4 is 4.74 Å². The van der Waals surface area contributed by atoms with Crippen LogP contribution in [0.5, 0.6) is 5.75 Å². The van der Waals surface area contributed by atoms with Gasteiger partial charge in [-0.1, -0.05) is 19.3 Å². The zero-order valence-electron chi connectivity index (χ0n) is 10.5. The van der Waals surface area contributed by atoms with Crippen LogP contribution in [0, 0.1) is 4.91 Å². The summed E-state index contributed by atoms with van der Waals surface area (Å²) in [5.41, 5.74) is 0.414. The topological polar surface area (TPSA) is 55.7 Å². The molecule has 98 valence electrons. The van der Waals surface area contributed by atoms with Crippen molar-refractivity contribution in [2.45, 2.75) is 38.5 Å². The van der Waals surface area contributed by atoms with Gasteiger partial charge in [0.2, 0.25) is 0 Å². The Bertz CT molecular complexity index is 349. The highest BCUT2D eigenvalue weighted by Crippen LogP contribution is 2.17. The molecule has 1 aromatic carbocycles. The van der Waals surface area contributed by atoms with E-state index >= 15 is 0 Å². The summed E-state index contributed by atoms with van der Waals surface area (Å²) in [6.07, 6.45) is 7.02. The molecule has 4 heteroatoms. The summed E-state index contributed by atoms with van der Waals surface area (Å²) < 4.78 is 5.53. The van der Waals surface area contributed by atoms with Crippen LogP contribution >= 0.6 is 0 Å². The Balaban J connectivity index is 2.03. The van der Waals surface area contributed by atoms with Gasteiger partial charge in [0.1, 0.15) is 17.7 Å². The van der Waals surface area contributed by atoms with Crippen molar-refractivity contribution < 1.29 is 9.53 Å². The number of ether oxygens (including phenoxy) is 1. The van der Waals surface area contributed by atoms with Crippen molar-refractivity contribution in [2.24, 2.45) is 5.18 Å². The SMILES string of the molecule is O=CCCCCCCCOc1ccc(N=O)cc1. The summed E-state index contributed by atoms with van der Waals surface area (Å²) in [6, 6.07) is 6.78. The minimum atomic E-state index is 0.414. The van der Waals surface area contributed by atoms with Crippen LogP contribution in [0.15, 0.2) is 29.4 Å². The average Bonchev–Trinajstić information content (AvgIpc) is 2.42. The van der Waals surface area contributed by atoms with Gasteiger partial charge in [-0.15, -0.1) is 4.91 Å². The summed E-state index contributed by atoms with van der Waals surface area (Å²) in [4.78, 5) is 20.3. The standard InChI is InChI=1S/C14H19NO3/c16-11-5-3-1-2-4-6-12-18-14-9-7-13(15-17)8-10-14/h7-11H,1-6,12H2. The number of hydrogen-bond acceptors (Lipinski definition) is 4. The second kappa shape index (κ2) is 9.33. The maximum Gasteiger partial charge on any atom is 0.119 e. The molecule has 0 fully saturated rings. The second-order valence-electron chi connectivity index (χ2n) is 4.16. The highest BCUT2D eigenvalue weighted by atomic mass is 16.5. The minimum Gasteiger partial charge on any atom is -0.494 e. The van der Waals surface area contributed by atoms with Crippen LogP contribution in [0.2, 0.25) is 0 Å². The Hall–Kier alpha value is -1.71. The number of carbonyl (C=O) groups is 1. The molecule has 18 heavy (non-hydrogen) atoms. The smallest absolute Gasteiger partial charge is 0.119 e. The first-order valence-corrected chi connectivity index (χ1v) is 6.36. The number of carbonyl (C=O) groups excluding carboxylic acids is 1. The van der Waals surface area contributed by atoms with E-state index in [-0.39, 0.29) is 0 Å². The number of rotatable bonds is 10. The lowest BCUT2D eigenvalue weighted by atomic mass is 10.1. The molecular formula is C14H19NO3. The third kappa shape index (κ3) is 6.13. The fraction of sp³-hybridized carbons (Fsp3) is 0.500. The molecule has 0 aromatic heterocycles. The van der Waals surface area contributed by atoms with Crippen LogP contribution in [-0.2, 0) is 4.79 Å². The molecule has 0 aliphatic heterocycles. The largest absolute Gasteiger partial charge is 0.494 e. The van der Waals surface area contributed by atoms with Gasteiger partial charge < -0.3 is 9.53 Å². The third-order valence-corrected chi connectivity index (χ3v) is 2.68. The van der Waals surface area contributed by atoms with E-state index in [4.69, 9.17) is 4.74 Å². The molecule has 0 bridgehead atoms. The van der Waals surface area contributed by atoms with Gasteiger partial charge in [0, 0.05) is 6.42 Å². The Morgan fingerprint density at radius 1 is 1.00 bits per heavy atom. The van der Waals surface area contributed by atoms with Gasteiger partial charge in [-0.3, -0.25) is 0 Å². The van der Waals surface area contributed by atoms with Crippen LogP contribution in [-0.4, -0.2) is 12.9 Å². The lowest BCUT2D eigenvalue weighted by Crippen LogP contribution is -1.96. The highest BCUT2D eigenvalue weighted by Gasteiger charge is 1.95. The first-order valence-electron chi connectivity index (χ1n) is 6.36. The first kappa shape index (κ1) is 14.4.